The Morgan fingerprint density at radius 1 is 1.19 bits per heavy atom. The largest absolute Gasteiger partial charge is 0.483 e. The molecule has 4 nitrogen and oxygen atoms in total. The molecule has 0 saturated carbocycles. The summed E-state index contributed by atoms with van der Waals surface area (Å²) in [6.45, 7) is 3.79. The molecule has 0 fully saturated rings. The van der Waals surface area contributed by atoms with Gasteiger partial charge in [-0.25, -0.2) is 0 Å². The number of rotatable bonds is 4. The van der Waals surface area contributed by atoms with Crippen molar-refractivity contribution in [3.05, 3.63) is 52.0 Å². The Balaban J connectivity index is 1.96. The lowest BCUT2D eigenvalue weighted by Gasteiger charge is -2.11. The van der Waals surface area contributed by atoms with Gasteiger partial charge in [0.2, 0.25) is 0 Å². The lowest BCUT2D eigenvalue weighted by Crippen LogP contribution is -2.20. The predicted octanol–water partition coefficient (Wildman–Crippen LogP) is 3.67. The third-order valence-corrected chi connectivity index (χ3v) is 3.51. The molecule has 0 unspecified atom stereocenters. The summed E-state index contributed by atoms with van der Waals surface area (Å²) in [5, 5.41) is 2.81. The second-order valence-electron chi connectivity index (χ2n) is 4.82. The number of nitrogens with two attached hydrogens (primary N) is 1. The number of nitrogen functional groups attached to an aromatic ring is 1. The molecule has 0 radical (unpaired) electrons. The van der Waals surface area contributed by atoms with E-state index >= 15 is 0 Å². The quantitative estimate of drug-likeness (QED) is 0.828. The molecule has 0 atom stereocenters. The van der Waals surface area contributed by atoms with Crippen molar-refractivity contribution in [2.45, 2.75) is 13.8 Å². The summed E-state index contributed by atoms with van der Waals surface area (Å²) in [4.78, 5) is 11.9. The molecule has 0 aliphatic rings. The number of nitrogens with one attached hydrogen (secondary N) is 1. The average molecular weight is 349 g/mol. The second-order valence-corrected chi connectivity index (χ2v) is 5.74. The van der Waals surface area contributed by atoms with Crippen LogP contribution >= 0.6 is 15.9 Å². The van der Waals surface area contributed by atoms with Gasteiger partial charge in [0.25, 0.3) is 5.91 Å². The average Bonchev–Trinajstić information content (AvgIpc) is 2.41. The Labute approximate surface area is 132 Å². The van der Waals surface area contributed by atoms with Crippen LogP contribution in [0.2, 0.25) is 0 Å². The topological polar surface area (TPSA) is 64.3 Å². The van der Waals surface area contributed by atoms with Crippen molar-refractivity contribution >= 4 is 33.2 Å². The maximum atomic E-state index is 11.9. The van der Waals surface area contributed by atoms with Crippen molar-refractivity contribution in [1.29, 1.82) is 0 Å². The van der Waals surface area contributed by atoms with Crippen molar-refractivity contribution in [1.82, 2.24) is 0 Å². The molecule has 21 heavy (non-hydrogen) atoms. The number of carbonyl (C=O) groups is 1. The van der Waals surface area contributed by atoms with Crippen LogP contribution in [0, 0.1) is 13.8 Å². The monoisotopic (exact) mass is 348 g/mol. The Morgan fingerprint density at radius 2 is 1.95 bits per heavy atom. The van der Waals surface area contributed by atoms with Gasteiger partial charge in [0.15, 0.2) is 6.61 Å². The first kappa shape index (κ1) is 15.4. The third kappa shape index (κ3) is 4.23. The predicted molar refractivity (Wildman–Crippen MR) is 88.6 cm³/mol. The molecule has 0 aliphatic carbocycles. The van der Waals surface area contributed by atoms with Crippen molar-refractivity contribution < 1.29 is 9.53 Å². The highest BCUT2D eigenvalue weighted by Crippen LogP contribution is 2.22. The molecule has 0 aromatic heterocycles. The van der Waals surface area contributed by atoms with E-state index in [1.165, 1.54) is 0 Å². The van der Waals surface area contributed by atoms with Gasteiger partial charge in [0.05, 0.1) is 0 Å². The summed E-state index contributed by atoms with van der Waals surface area (Å²) in [5.74, 6) is 0.493. The van der Waals surface area contributed by atoms with Gasteiger partial charge >= 0.3 is 0 Å². The summed E-state index contributed by atoms with van der Waals surface area (Å²) < 4.78 is 6.51. The van der Waals surface area contributed by atoms with Crippen LogP contribution in [-0.4, -0.2) is 12.5 Å². The number of halogens is 1. The normalized spacial score (nSPS) is 10.2. The van der Waals surface area contributed by atoms with Gasteiger partial charge in [0.1, 0.15) is 5.75 Å². The fourth-order valence-corrected chi connectivity index (χ4v) is 2.41. The van der Waals surface area contributed by atoms with E-state index in [2.05, 4.69) is 21.2 Å². The zero-order valence-electron chi connectivity index (χ0n) is 11.9. The molecule has 110 valence electrons. The molecular formula is C16H17BrN2O2. The first-order chi connectivity index (χ1) is 9.95. The molecular weight excluding hydrogens is 332 g/mol. The highest BCUT2D eigenvalue weighted by Gasteiger charge is 2.07. The van der Waals surface area contributed by atoms with E-state index < -0.39 is 0 Å². The highest BCUT2D eigenvalue weighted by molar-refractivity contribution is 9.10. The third-order valence-electron chi connectivity index (χ3n) is 3.02. The fraction of sp³-hybridized carbons (Fsp3) is 0.188. The zero-order chi connectivity index (χ0) is 15.4. The zero-order valence-corrected chi connectivity index (χ0v) is 13.5. The van der Waals surface area contributed by atoms with Crippen molar-refractivity contribution in [3.8, 4) is 5.75 Å². The fourth-order valence-electron chi connectivity index (χ4n) is 1.93. The molecule has 0 aliphatic heterocycles. The van der Waals surface area contributed by atoms with Crippen LogP contribution in [0.1, 0.15) is 11.1 Å². The maximum absolute atomic E-state index is 11.9. The van der Waals surface area contributed by atoms with E-state index in [-0.39, 0.29) is 12.5 Å². The Hall–Kier alpha value is -2.01. The minimum Gasteiger partial charge on any atom is -0.483 e. The molecule has 2 rings (SSSR count). The van der Waals surface area contributed by atoms with Crippen LogP contribution in [0.15, 0.2) is 40.9 Å². The molecule has 0 spiro atoms. The van der Waals surface area contributed by atoms with Gasteiger partial charge in [-0.3, -0.25) is 4.79 Å². The van der Waals surface area contributed by atoms with Gasteiger partial charge in [-0.1, -0.05) is 15.9 Å². The molecule has 3 N–H and O–H groups in total. The first-order valence-electron chi connectivity index (χ1n) is 6.50. The molecule has 2 aromatic carbocycles. The van der Waals surface area contributed by atoms with E-state index in [9.17, 15) is 4.79 Å². The summed E-state index contributed by atoms with van der Waals surface area (Å²) in [5.41, 5.74) is 8.99. The number of ether oxygens (including phenoxy) is 1. The molecule has 0 saturated heterocycles. The number of benzene rings is 2. The van der Waals surface area contributed by atoms with Crippen LogP contribution < -0.4 is 15.8 Å². The lowest BCUT2D eigenvalue weighted by molar-refractivity contribution is -0.118. The first-order valence-corrected chi connectivity index (χ1v) is 7.30. The standard InChI is InChI=1S/C16H17BrN2O2/c1-10-8-13(18)4-5-14(10)19-16(20)9-21-15-6-3-12(17)7-11(15)2/h3-8H,9,18H2,1-2H3,(H,19,20). The summed E-state index contributed by atoms with van der Waals surface area (Å²) in [6.07, 6.45) is 0. The van der Waals surface area contributed by atoms with Crippen molar-refractivity contribution in [3.63, 3.8) is 0 Å². The minimum atomic E-state index is -0.204. The molecule has 1 amide bonds. The van der Waals surface area contributed by atoms with Crippen molar-refractivity contribution in [2.75, 3.05) is 17.7 Å². The highest BCUT2D eigenvalue weighted by atomic mass is 79.9. The van der Waals surface area contributed by atoms with Crippen molar-refractivity contribution in [2.24, 2.45) is 0 Å². The smallest absolute Gasteiger partial charge is 0.262 e. The van der Waals surface area contributed by atoms with Gasteiger partial charge in [-0.05, 0) is 61.4 Å². The Kier molecular flexibility index (Phi) is 4.85. The van der Waals surface area contributed by atoms with Gasteiger partial charge in [-0.15, -0.1) is 0 Å². The number of amides is 1. The summed E-state index contributed by atoms with van der Waals surface area (Å²) >= 11 is 3.39. The van der Waals surface area contributed by atoms with Gasteiger partial charge < -0.3 is 15.8 Å². The summed E-state index contributed by atoms with van der Waals surface area (Å²) in [6, 6.07) is 11.0. The van der Waals surface area contributed by atoms with Crippen LogP contribution in [0.5, 0.6) is 5.75 Å². The van der Waals surface area contributed by atoms with E-state index in [0.717, 1.165) is 21.3 Å². The Bertz CT molecular complexity index is 671. The Morgan fingerprint density at radius 3 is 2.62 bits per heavy atom. The van der Waals surface area contributed by atoms with Crippen LogP contribution in [-0.2, 0) is 4.79 Å². The maximum Gasteiger partial charge on any atom is 0.262 e. The molecule has 0 heterocycles. The number of carbonyl (C=O) groups excluding carboxylic acids is 1. The van der Waals surface area contributed by atoms with E-state index in [1.54, 1.807) is 12.1 Å². The van der Waals surface area contributed by atoms with Crippen LogP contribution in [0.3, 0.4) is 0 Å². The summed E-state index contributed by atoms with van der Waals surface area (Å²) in [7, 11) is 0. The SMILES string of the molecule is Cc1cc(N)ccc1NC(=O)COc1ccc(Br)cc1C. The number of aryl methyl sites for hydroxylation is 2. The van der Waals surface area contributed by atoms with E-state index in [4.69, 9.17) is 10.5 Å². The molecule has 0 bridgehead atoms. The molecule has 5 heteroatoms. The van der Waals surface area contributed by atoms with Gasteiger partial charge in [0, 0.05) is 15.8 Å². The van der Waals surface area contributed by atoms with Gasteiger partial charge in [-0.2, -0.15) is 0 Å². The van der Waals surface area contributed by atoms with Crippen LogP contribution in [0.25, 0.3) is 0 Å². The number of anilines is 2. The second kappa shape index (κ2) is 6.63. The lowest BCUT2D eigenvalue weighted by atomic mass is 10.2. The molecule has 2 aromatic rings. The minimum absolute atomic E-state index is 0.0354. The number of hydrogen-bond acceptors (Lipinski definition) is 3. The van der Waals surface area contributed by atoms with E-state index in [0.29, 0.717) is 11.4 Å². The van der Waals surface area contributed by atoms with E-state index in [1.807, 2.05) is 38.1 Å². The van der Waals surface area contributed by atoms with Crippen LogP contribution in [0.4, 0.5) is 11.4 Å². The number of hydrogen-bond donors (Lipinski definition) is 2.